The van der Waals surface area contributed by atoms with Crippen LogP contribution in [-0.4, -0.2) is 32.6 Å². The number of aliphatic hydroxyl groups excluding tert-OH is 1. The molecular formula is C13H15N3O3. The predicted octanol–water partition coefficient (Wildman–Crippen LogP) is 1.19. The average Bonchev–Trinajstić information content (AvgIpc) is 2.85. The number of carbonyl (C=O) groups is 1. The van der Waals surface area contributed by atoms with Gasteiger partial charge in [0, 0.05) is 24.0 Å². The Morgan fingerprint density at radius 3 is 3.00 bits per heavy atom. The smallest absolute Gasteiger partial charge is 0.335 e. The number of rotatable bonds is 6. The highest BCUT2D eigenvalue weighted by Crippen LogP contribution is 2.12. The number of carboxylic acids is 1. The van der Waals surface area contributed by atoms with Crippen molar-refractivity contribution in [2.24, 2.45) is 0 Å². The molecule has 1 aromatic carbocycles. The first kappa shape index (κ1) is 13.1. The summed E-state index contributed by atoms with van der Waals surface area (Å²) in [6, 6.07) is 6.64. The molecule has 2 aromatic rings. The first-order valence-corrected chi connectivity index (χ1v) is 5.88. The summed E-state index contributed by atoms with van der Waals surface area (Å²) in [6.45, 7) is 1.07. The standard InChI is InChI=1S/C13H15N3O3/c17-5-4-16-9-10(8-15-16)7-14-12-3-1-2-11(6-12)13(18)19/h1-3,6,8-9,14,17H,4-5,7H2,(H,18,19). The van der Waals surface area contributed by atoms with Crippen LogP contribution in [0.4, 0.5) is 5.69 Å². The zero-order valence-corrected chi connectivity index (χ0v) is 10.3. The zero-order chi connectivity index (χ0) is 13.7. The minimum absolute atomic E-state index is 0.0508. The number of benzene rings is 1. The first-order chi connectivity index (χ1) is 9.19. The van der Waals surface area contributed by atoms with E-state index in [0.29, 0.717) is 13.1 Å². The third-order valence-electron chi connectivity index (χ3n) is 2.62. The Morgan fingerprint density at radius 2 is 2.26 bits per heavy atom. The largest absolute Gasteiger partial charge is 0.478 e. The molecule has 1 heterocycles. The maximum Gasteiger partial charge on any atom is 0.335 e. The summed E-state index contributed by atoms with van der Waals surface area (Å²) in [7, 11) is 0. The summed E-state index contributed by atoms with van der Waals surface area (Å²) in [5, 5.41) is 24.9. The number of carboxylic acid groups (broad SMARTS) is 1. The Hall–Kier alpha value is -2.34. The summed E-state index contributed by atoms with van der Waals surface area (Å²) >= 11 is 0. The van der Waals surface area contributed by atoms with Gasteiger partial charge in [0.05, 0.1) is 24.9 Å². The van der Waals surface area contributed by atoms with E-state index in [2.05, 4.69) is 10.4 Å². The van der Waals surface area contributed by atoms with Crippen LogP contribution < -0.4 is 5.32 Å². The van der Waals surface area contributed by atoms with Crippen LogP contribution in [0.25, 0.3) is 0 Å². The lowest BCUT2D eigenvalue weighted by Gasteiger charge is -2.05. The van der Waals surface area contributed by atoms with Crippen molar-refractivity contribution in [3.63, 3.8) is 0 Å². The molecule has 100 valence electrons. The van der Waals surface area contributed by atoms with Gasteiger partial charge in [0.1, 0.15) is 0 Å². The lowest BCUT2D eigenvalue weighted by atomic mass is 10.2. The molecule has 6 nitrogen and oxygen atoms in total. The molecule has 19 heavy (non-hydrogen) atoms. The van der Waals surface area contributed by atoms with Crippen molar-refractivity contribution < 1.29 is 15.0 Å². The van der Waals surface area contributed by atoms with E-state index in [1.807, 2.05) is 12.3 Å². The van der Waals surface area contributed by atoms with Crippen LogP contribution in [0, 0.1) is 0 Å². The second-order valence-electron chi connectivity index (χ2n) is 4.07. The van der Waals surface area contributed by atoms with Crippen LogP contribution >= 0.6 is 0 Å². The monoisotopic (exact) mass is 261 g/mol. The molecule has 3 N–H and O–H groups in total. The van der Waals surface area contributed by atoms with Gasteiger partial charge in [0.25, 0.3) is 0 Å². The highest BCUT2D eigenvalue weighted by molar-refractivity contribution is 5.88. The zero-order valence-electron chi connectivity index (χ0n) is 10.3. The van der Waals surface area contributed by atoms with Crippen molar-refractivity contribution in [2.75, 3.05) is 11.9 Å². The van der Waals surface area contributed by atoms with E-state index < -0.39 is 5.97 Å². The predicted molar refractivity (Wildman–Crippen MR) is 70.0 cm³/mol. The minimum Gasteiger partial charge on any atom is -0.478 e. The van der Waals surface area contributed by atoms with Gasteiger partial charge in [-0.25, -0.2) is 4.79 Å². The summed E-state index contributed by atoms with van der Waals surface area (Å²) in [5.41, 5.74) is 1.96. The van der Waals surface area contributed by atoms with E-state index in [1.165, 1.54) is 0 Å². The van der Waals surface area contributed by atoms with E-state index >= 15 is 0 Å². The average molecular weight is 261 g/mol. The molecule has 0 radical (unpaired) electrons. The molecular weight excluding hydrogens is 246 g/mol. The fourth-order valence-corrected chi connectivity index (χ4v) is 1.69. The van der Waals surface area contributed by atoms with Crippen molar-refractivity contribution in [3.05, 3.63) is 47.8 Å². The Labute approximate surface area is 110 Å². The molecule has 0 unspecified atom stereocenters. The van der Waals surface area contributed by atoms with Crippen LogP contribution in [0.5, 0.6) is 0 Å². The minimum atomic E-state index is -0.945. The molecule has 0 amide bonds. The number of aromatic nitrogens is 2. The fourth-order valence-electron chi connectivity index (χ4n) is 1.69. The highest BCUT2D eigenvalue weighted by Gasteiger charge is 2.03. The number of hydrogen-bond acceptors (Lipinski definition) is 4. The lowest BCUT2D eigenvalue weighted by molar-refractivity contribution is 0.0697. The number of aliphatic hydroxyl groups is 1. The molecule has 6 heteroatoms. The molecule has 0 fully saturated rings. The molecule has 2 rings (SSSR count). The van der Waals surface area contributed by atoms with Crippen molar-refractivity contribution in [2.45, 2.75) is 13.1 Å². The SMILES string of the molecule is O=C(O)c1cccc(NCc2cnn(CCO)c2)c1. The number of anilines is 1. The molecule has 0 bridgehead atoms. The maximum absolute atomic E-state index is 10.8. The Morgan fingerprint density at radius 1 is 1.42 bits per heavy atom. The van der Waals surface area contributed by atoms with E-state index in [1.54, 1.807) is 29.1 Å². The van der Waals surface area contributed by atoms with E-state index in [-0.39, 0.29) is 12.2 Å². The van der Waals surface area contributed by atoms with Crippen LogP contribution in [0.3, 0.4) is 0 Å². The lowest BCUT2D eigenvalue weighted by Crippen LogP contribution is -2.03. The van der Waals surface area contributed by atoms with Gasteiger partial charge < -0.3 is 15.5 Å². The summed E-state index contributed by atoms with van der Waals surface area (Å²) in [5.74, 6) is -0.945. The fraction of sp³-hybridized carbons (Fsp3) is 0.231. The molecule has 0 spiro atoms. The number of nitrogens with zero attached hydrogens (tertiary/aromatic N) is 2. The highest BCUT2D eigenvalue weighted by atomic mass is 16.4. The van der Waals surface area contributed by atoms with E-state index in [4.69, 9.17) is 10.2 Å². The van der Waals surface area contributed by atoms with Crippen LogP contribution in [0.15, 0.2) is 36.7 Å². The number of aromatic carboxylic acids is 1. The van der Waals surface area contributed by atoms with Crippen LogP contribution in [-0.2, 0) is 13.1 Å². The number of hydrogen-bond donors (Lipinski definition) is 3. The van der Waals surface area contributed by atoms with Crippen molar-refractivity contribution >= 4 is 11.7 Å². The van der Waals surface area contributed by atoms with E-state index in [0.717, 1.165) is 11.3 Å². The second-order valence-corrected chi connectivity index (χ2v) is 4.07. The van der Waals surface area contributed by atoms with Crippen molar-refractivity contribution in [1.82, 2.24) is 9.78 Å². The molecule has 0 atom stereocenters. The molecule has 0 aliphatic carbocycles. The van der Waals surface area contributed by atoms with Crippen molar-refractivity contribution in [1.29, 1.82) is 0 Å². The summed E-state index contributed by atoms with van der Waals surface area (Å²) in [6.07, 6.45) is 3.55. The van der Waals surface area contributed by atoms with Gasteiger partial charge in [-0.1, -0.05) is 6.07 Å². The van der Waals surface area contributed by atoms with Crippen molar-refractivity contribution in [3.8, 4) is 0 Å². The summed E-state index contributed by atoms with van der Waals surface area (Å²) in [4.78, 5) is 10.8. The van der Waals surface area contributed by atoms with Crippen LogP contribution in [0.2, 0.25) is 0 Å². The summed E-state index contributed by atoms with van der Waals surface area (Å²) < 4.78 is 1.66. The molecule has 0 saturated heterocycles. The number of nitrogens with one attached hydrogen (secondary N) is 1. The Balaban J connectivity index is 1.97. The third-order valence-corrected chi connectivity index (χ3v) is 2.62. The van der Waals surface area contributed by atoms with Gasteiger partial charge in [-0.2, -0.15) is 5.10 Å². The van der Waals surface area contributed by atoms with Gasteiger partial charge in [0.15, 0.2) is 0 Å². The van der Waals surface area contributed by atoms with Gasteiger partial charge in [0.2, 0.25) is 0 Å². The quantitative estimate of drug-likeness (QED) is 0.727. The maximum atomic E-state index is 10.8. The topological polar surface area (TPSA) is 87.4 Å². The van der Waals surface area contributed by atoms with Gasteiger partial charge in [-0.3, -0.25) is 4.68 Å². The molecule has 0 aliphatic rings. The molecule has 0 aliphatic heterocycles. The van der Waals surface area contributed by atoms with E-state index in [9.17, 15) is 4.79 Å². The van der Waals surface area contributed by atoms with Gasteiger partial charge in [-0.05, 0) is 18.2 Å². The normalized spacial score (nSPS) is 10.4. The Bertz CT molecular complexity index is 566. The van der Waals surface area contributed by atoms with Crippen LogP contribution in [0.1, 0.15) is 15.9 Å². The third kappa shape index (κ3) is 3.56. The second kappa shape index (κ2) is 6.01. The Kier molecular flexibility index (Phi) is 4.15. The van der Waals surface area contributed by atoms with Gasteiger partial charge in [-0.15, -0.1) is 0 Å². The molecule has 1 aromatic heterocycles. The molecule has 0 saturated carbocycles. The first-order valence-electron chi connectivity index (χ1n) is 5.88. The van der Waals surface area contributed by atoms with Gasteiger partial charge >= 0.3 is 5.97 Å².